The number of aryl methyl sites for hydroxylation is 5. The van der Waals surface area contributed by atoms with Crippen LogP contribution in [0.5, 0.6) is 0 Å². The maximum absolute atomic E-state index is 13.8. The highest BCUT2D eigenvalue weighted by Gasteiger charge is 2.33. The van der Waals surface area contributed by atoms with Crippen LogP contribution in [0.2, 0.25) is 0 Å². The van der Waals surface area contributed by atoms with Crippen molar-refractivity contribution in [3.63, 3.8) is 0 Å². The Kier molecular flexibility index (Phi) is 30.8. The van der Waals surface area contributed by atoms with E-state index >= 15 is 0 Å². The van der Waals surface area contributed by atoms with Gasteiger partial charge in [-0.1, -0.05) is 194 Å². The fourth-order valence-electron chi connectivity index (χ4n) is 18.8. The second-order valence-electron chi connectivity index (χ2n) is 36.4. The van der Waals surface area contributed by atoms with E-state index in [-0.39, 0.29) is 58.2 Å². The number of aromatic nitrogens is 8. The third-order valence-electron chi connectivity index (χ3n) is 26.5. The molecule has 0 spiro atoms. The molecule has 8 aromatic heterocycles. The number of nitrogens with zero attached hydrogens (tertiary/aromatic N) is 8. The van der Waals surface area contributed by atoms with Crippen LogP contribution in [-0.2, 0) is 12.8 Å². The molecular weight excluding hydrogens is 1770 g/mol. The molecule has 0 saturated heterocycles. The molecule has 21 rings (SSSR count). The van der Waals surface area contributed by atoms with Crippen molar-refractivity contribution in [2.45, 2.75) is 194 Å². The largest absolute Gasteiger partial charge is 0.449 e. The van der Waals surface area contributed by atoms with Crippen molar-refractivity contribution in [3.05, 3.63) is 372 Å². The zero-order valence-corrected chi connectivity index (χ0v) is 79.7. The molecule has 4 aliphatic rings. The Morgan fingerprint density at radius 3 is 0.993 bits per heavy atom. The van der Waals surface area contributed by atoms with E-state index in [1.54, 1.807) is 92.1 Å². The molecule has 714 valence electrons. The van der Waals surface area contributed by atoms with Gasteiger partial charge in [-0.05, 0) is 276 Å². The SMILES string of the molecule is CCc1cccc(C)c1NC(=O)c1ccc(-c2c(-c3ccc(F)cc3)ncn2C2CCCC2)o1.CCc1cccc(NC(=O)c2ccc(-c3c(-c4ccc(F)cc4)ncn3C3CCCC3)o2)c1.Cc1ccc(-c2ncn(C3CCCC3)c2-c2ccc(C(=O)Nc3ccc(C(C)C)cc3)o2)cc1.Cc1ccc(NC(=O)c2ccc(-c3c(-c4ccc(F)cc4)ncn3C3CCCC3)o2)cc1F.c1ccccc1. The van der Waals surface area contributed by atoms with Crippen molar-refractivity contribution in [2.24, 2.45) is 0 Å². The van der Waals surface area contributed by atoms with Gasteiger partial charge < -0.3 is 57.2 Å². The summed E-state index contributed by atoms with van der Waals surface area (Å²) in [6.07, 6.45) is 27.2. The molecule has 17 aromatic rings. The number of rotatable bonds is 23. The van der Waals surface area contributed by atoms with Crippen LogP contribution in [0.4, 0.5) is 40.3 Å². The maximum atomic E-state index is 13.8. The number of benzene rings is 9. The van der Waals surface area contributed by atoms with Gasteiger partial charge in [-0.3, -0.25) is 19.2 Å². The van der Waals surface area contributed by atoms with Crippen LogP contribution in [0, 0.1) is 44.0 Å². The van der Waals surface area contributed by atoms with Crippen molar-refractivity contribution in [2.75, 3.05) is 21.3 Å². The van der Waals surface area contributed by atoms with Crippen LogP contribution in [0.1, 0.15) is 236 Å². The lowest BCUT2D eigenvalue weighted by molar-refractivity contribution is 0.0990. The Morgan fingerprint density at radius 1 is 0.336 bits per heavy atom. The summed E-state index contributed by atoms with van der Waals surface area (Å²) >= 11 is 0. The van der Waals surface area contributed by atoms with Crippen molar-refractivity contribution in [1.29, 1.82) is 0 Å². The highest BCUT2D eigenvalue weighted by molar-refractivity contribution is 6.05. The zero-order valence-electron chi connectivity index (χ0n) is 79.7. The van der Waals surface area contributed by atoms with Gasteiger partial charge >= 0.3 is 0 Å². The van der Waals surface area contributed by atoms with Crippen LogP contribution < -0.4 is 21.3 Å². The first-order valence-electron chi connectivity index (χ1n) is 48.5. The Balaban J connectivity index is 0.000000126. The number of nitrogens with one attached hydrogen (secondary N) is 4. The van der Waals surface area contributed by atoms with Crippen molar-refractivity contribution in [1.82, 2.24) is 38.2 Å². The van der Waals surface area contributed by atoms with E-state index < -0.39 is 11.7 Å². The average molecular weight is 1880 g/mol. The van der Waals surface area contributed by atoms with E-state index in [9.17, 15) is 36.7 Å². The molecule has 0 radical (unpaired) electrons. The molecule has 0 aliphatic heterocycles. The zero-order chi connectivity index (χ0) is 97.3. The van der Waals surface area contributed by atoms with Gasteiger partial charge in [-0.25, -0.2) is 37.5 Å². The molecule has 4 fully saturated rings. The van der Waals surface area contributed by atoms with Crippen LogP contribution in [0.15, 0.2) is 310 Å². The van der Waals surface area contributed by atoms with Crippen molar-refractivity contribution < 1.29 is 54.4 Å². The van der Waals surface area contributed by atoms with Gasteiger partial charge in [0, 0.05) is 69.2 Å². The topological polar surface area (TPSA) is 240 Å². The number of hydrogen-bond donors (Lipinski definition) is 4. The molecule has 4 N–H and O–H groups in total. The van der Waals surface area contributed by atoms with Gasteiger partial charge in [-0.15, -0.1) is 0 Å². The number of imidazole rings is 4. The Morgan fingerprint density at radius 2 is 0.657 bits per heavy atom. The Bertz CT molecular complexity index is 7050. The van der Waals surface area contributed by atoms with Crippen LogP contribution in [0.25, 0.3) is 90.8 Å². The number of amides is 4. The lowest BCUT2D eigenvalue weighted by Crippen LogP contribution is -2.13. The molecule has 8 heterocycles. The third kappa shape index (κ3) is 22.8. The lowest BCUT2D eigenvalue weighted by atomic mass is 10.0. The minimum atomic E-state index is -0.472. The van der Waals surface area contributed by atoms with Crippen LogP contribution >= 0.6 is 0 Å². The second-order valence-corrected chi connectivity index (χ2v) is 36.4. The van der Waals surface area contributed by atoms with E-state index in [1.165, 1.54) is 92.1 Å². The smallest absolute Gasteiger partial charge is 0.291 e. The fraction of sp³-hybridized carbons (Fsp3) is 0.259. The van der Waals surface area contributed by atoms with Gasteiger partial charge in [0.1, 0.15) is 46.0 Å². The molecule has 4 saturated carbocycles. The summed E-state index contributed by atoms with van der Waals surface area (Å²) in [5.41, 5.74) is 18.6. The van der Waals surface area contributed by atoms with E-state index in [4.69, 9.17) is 22.7 Å². The monoisotopic (exact) mass is 1880 g/mol. The number of carbonyl (C=O) groups is 4. The Hall–Kier alpha value is -15.5. The summed E-state index contributed by atoms with van der Waals surface area (Å²) in [5.74, 6) is 1.03. The Labute approximate surface area is 812 Å². The fourth-order valence-corrected chi connectivity index (χ4v) is 18.8. The number of carbonyl (C=O) groups excluding carboxylic acids is 4. The predicted molar refractivity (Wildman–Crippen MR) is 542 cm³/mol. The summed E-state index contributed by atoms with van der Waals surface area (Å²) in [5, 5.41) is 11.6. The van der Waals surface area contributed by atoms with Gasteiger partial charge in [0.05, 0.1) is 48.1 Å². The first kappa shape index (κ1) is 96.2. The van der Waals surface area contributed by atoms with Gasteiger partial charge in [0.15, 0.2) is 46.1 Å². The first-order valence-corrected chi connectivity index (χ1v) is 48.5. The number of para-hydroxylation sites is 1. The van der Waals surface area contributed by atoms with E-state index in [1.807, 2.05) is 147 Å². The number of halogens is 4. The van der Waals surface area contributed by atoms with E-state index in [0.29, 0.717) is 70.1 Å². The van der Waals surface area contributed by atoms with E-state index in [0.717, 1.165) is 173 Å². The molecular formula is C116H114F4N12O8. The molecule has 24 heteroatoms. The van der Waals surface area contributed by atoms with Gasteiger partial charge in [0.25, 0.3) is 23.6 Å². The molecule has 0 unspecified atom stereocenters. The molecule has 9 aromatic carbocycles. The van der Waals surface area contributed by atoms with Crippen molar-refractivity contribution in [3.8, 4) is 90.8 Å². The number of hydrogen-bond acceptors (Lipinski definition) is 12. The second kappa shape index (κ2) is 44.8. The minimum Gasteiger partial charge on any atom is -0.449 e. The molecule has 0 atom stereocenters. The molecule has 4 aliphatic carbocycles. The number of furan rings is 4. The summed E-state index contributed by atoms with van der Waals surface area (Å²) in [6, 6.07) is 80.8. The van der Waals surface area contributed by atoms with Crippen LogP contribution in [-0.4, -0.2) is 61.8 Å². The highest BCUT2D eigenvalue weighted by Crippen LogP contribution is 2.46. The third-order valence-corrected chi connectivity index (χ3v) is 26.5. The van der Waals surface area contributed by atoms with E-state index in [2.05, 4.69) is 113 Å². The normalized spacial score (nSPS) is 13.8. The first-order chi connectivity index (χ1) is 68.1. The molecule has 4 amide bonds. The molecule has 140 heavy (non-hydrogen) atoms. The summed E-state index contributed by atoms with van der Waals surface area (Å²) < 4.78 is 87.3. The van der Waals surface area contributed by atoms with Gasteiger partial charge in [0.2, 0.25) is 0 Å². The van der Waals surface area contributed by atoms with Crippen molar-refractivity contribution >= 4 is 46.4 Å². The summed E-state index contributed by atoms with van der Waals surface area (Å²) in [7, 11) is 0. The summed E-state index contributed by atoms with van der Waals surface area (Å²) in [4.78, 5) is 70.3. The van der Waals surface area contributed by atoms with Gasteiger partial charge in [-0.2, -0.15) is 0 Å². The summed E-state index contributed by atoms with van der Waals surface area (Å²) in [6.45, 7) is 14.2. The predicted octanol–water partition coefficient (Wildman–Crippen LogP) is 30.1. The molecule has 0 bridgehead atoms. The lowest BCUT2D eigenvalue weighted by Gasteiger charge is -2.15. The molecule has 20 nitrogen and oxygen atoms in total. The quantitative estimate of drug-likeness (QED) is 0.0437. The minimum absolute atomic E-state index is 0.107. The van der Waals surface area contributed by atoms with Crippen LogP contribution in [0.3, 0.4) is 0 Å². The average Bonchev–Trinajstić information content (AvgIpc) is 1.64. The standard InChI is InChI=1S/C29H31N3O2.C28H28FN3O2.C27H26FN3O2.C26H23F2N3O2.C6H6/c1-19(2)21-12-14-23(15-13-21)31-29(33)26-17-16-25(34-26)28-27(22-10-8-20(3)9-11-22)30-18-32(28)24-6-4-5-7-24;1-3-19-8-6-7-18(2)25(19)31-28(33)24-16-15-23(34-24)27-26(20-11-13-21(29)14-12-20)30-17-32(27)22-9-4-5-10-22;1-2-18-6-5-7-21(16-18)30-27(32)24-15-14-23(33-24)26-25(19-10-12-20(28)13-11-19)29-17-31(26)22-8-3-4-9-22;1-16-6-11-19(14-21(16)28)30-26(32)23-13-12-22(33-23)25-24(17-7-9-18(27)10-8-17)29-15-31(25)20-4-2-3-5-20;1-2-4-6-5-3-1/h8-19,24H,4-7H2,1-3H3,(H,31,33);6-8,11-17,22H,3-5,9-10H2,1-2H3,(H,31,33);5-7,10-17,22H,2-4,8-9H2,1H3,(H,30,32);6-15,20H,2-5H2,1H3,(H,30,32);1-6H. The highest BCUT2D eigenvalue weighted by atomic mass is 19.1. The number of anilines is 4. The maximum Gasteiger partial charge on any atom is 0.291 e.